The van der Waals surface area contributed by atoms with Crippen LogP contribution in [-0.4, -0.2) is 24.2 Å². The van der Waals surface area contributed by atoms with Crippen molar-refractivity contribution in [1.82, 2.24) is 19.1 Å². The zero-order valence-corrected chi connectivity index (χ0v) is 22.0. The molecule has 4 aromatic rings. The van der Waals surface area contributed by atoms with Gasteiger partial charge < -0.3 is 9.84 Å². The van der Waals surface area contributed by atoms with Gasteiger partial charge in [0.05, 0.1) is 28.6 Å². The molecule has 0 spiro atoms. The Kier molecular flexibility index (Phi) is 7.03. The number of aliphatic hydroxyl groups is 1. The van der Waals surface area contributed by atoms with Gasteiger partial charge in [-0.25, -0.2) is 13.8 Å². The maximum atomic E-state index is 14.0. The van der Waals surface area contributed by atoms with E-state index in [1.165, 1.54) is 9.13 Å². The lowest BCUT2D eigenvalue weighted by molar-refractivity contribution is 0.0760. The molecule has 0 saturated carbocycles. The second kappa shape index (κ2) is 9.94. The van der Waals surface area contributed by atoms with Gasteiger partial charge in [-0.1, -0.05) is 0 Å². The number of hydrogen-bond acceptors (Lipinski definition) is 6. The Morgan fingerprint density at radius 2 is 1.68 bits per heavy atom. The summed E-state index contributed by atoms with van der Waals surface area (Å²) >= 11 is 0. The van der Waals surface area contributed by atoms with Gasteiger partial charge in [-0.2, -0.15) is 0 Å². The highest BCUT2D eigenvalue weighted by molar-refractivity contribution is 5.48. The van der Waals surface area contributed by atoms with Crippen molar-refractivity contribution in [2.75, 3.05) is 0 Å². The molecule has 0 fully saturated rings. The van der Waals surface area contributed by atoms with Crippen molar-refractivity contribution in [2.24, 2.45) is 0 Å². The van der Waals surface area contributed by atoms with Crippen LogP contribution in [0.2, 0.25) is 0 Å². The fourth-order valence-corrected chi connectivity index (χ4v) is 4.37. The molecule has 0 radical (unpaired) electrons. The Hall–Kier alpha value is -4.18. The topological polar surface area (TPSA) is 99.2 Å². The van der Waals surface area contributed by atoms with Crippen LogP contribution in [0, 0.1) is 39.3 Å². The Bertz CT molecular complexity index is 1670. The van der Waals surface area contributed by atoms with Gasteiger partial charge in [-0.3, -0.25) is 23.7 Å². The second-order valence-corrected chi connectivity index (χ2v) is 9.72. The average Bonchev–Trinajstić information content (AvgIpc) is 2.82. The SMILES string of the molecule is Cc1cnc(-n2ccc(C)c(C(C)(C)O)c2=O)cc1-n1c(C)cc(OCc2ncc(F)cc2F)c(C)c1=O. The molecule has 0 aliphatic carbocycles. The van der Waals surface area contributed by atoms with Gasteiger partial charge in [-0.15, -0.1) is 0 Å². The minimum absolute atomic E-state index is 0.0868. The Balaban J connectivity index is 1.77. The molecule has 38 heavy (non-hydrogen) atoms. The molecule has 0 saturated heterocycles. The van der Waals surface area contributed by atoms with E-state index < -0.39 is 22.8 Å². The summed E-state index contributed by atoms with van der Waals surface area (Å²) in [7, 11) is 0. The first-order chi connectivity index (χ1) is 17.8. The molecule has 198 valence electrons. The fourth-order valence-electron chi connectivity index (χ4n) is 4.37. The third-order valence-electron chi connectivity index (χ3n) is 6.30. The van der Waals surface area contributed by atoms with E-state index in [-0.39, 0.29) is 40.6 Å². The van der Waals surface area contributed by atoms with Crippen LogP contribution < -0.4 is 15.9 Å². The number of aromatic nitrogens is 4. The molecular weight excluding hydrogens is 494 g/mol. The highest BCUT2D eigenvalue weighted by Crippen LogP contribution is 2.24. The van der Waals surface area contributed by atoms with Gasteiger partial charge in [-0.05, 0) is 58.7 Å². The van der Waals surface area contributed by atoms with Crippen LogP contribution in [0.1, 0.15) is 47.5 Å². The molecule has 0 aliphatic heterocycles. The number of hydrogen-bond donors (Lipinski definition) is 1. The molecule has 4 aromatic heterocycles. The minimum Gasteiger partial charge on any atom is -0.487 e. The van der Waals surface area contributed by atoms with Crippen molar-refractivity contribution in [3.63, 3.8) is 0 Å². The summed E-state index contributed by atoms with van der Waals surface area (Å²) in [5.41, 5.74) is 0.669. The first kappa shape index (κ1) is 26.9. The lowest BCUT2D eigenvalue weighted by Crippen LogP contribution is -2.32. The van der Waals surface area contributed by atoms with Crippen LogP contribution >= 0.6 is 0 Å². The van der Waals surface area contributed by atoms with Gasteiger partial charge in [0.1, 0.15) is 29.7 Å². The molecule has 0 aliphatic rings. The maximum Gasteiger partial charge on any atom is 0.262 e. The van der Waals surface area contributed by atoms with E-state index in [2.05, 4.69) is 9.97 Å². The summed E-state index contributed by atoms with van der Waals surface area (Å²) in [4.78, 5) is 34.8. The van der Waals surface area contributed by atoms with E-state index >= 15 is 0 Å². The van der Waals surface area contributed by atoms with E-state index in [9.17, 15) is 23.5 Å². The lowest BCUT2D eigenvalue weighted by atomic mass is 9.95. The second-order valence-electron chi connectivity index (χ2n) is 9.72. The van der Waals surface area contributed by atoms with Crippen molar-refractivity contribution in [3.05, 3.63) is 109 Å². The van der Waals surface area contributed by atoms with Crippen molar-refractivity contribution in [2.45, 2.75) is 53.8 Å². The molecule has 0 bridgehead atoms. The number of halogens is 2. The minimum atomic E-state index is -1.36. The van der Waals surface area contributed by atoms with Gasteiger partial charge >= 0.3 is 0 Å². The molecule has 4 heterocycles. The van der Waals surface area contributed by atoms with Gasteiger partial charge in [0.2, 0.25) is 0 Å². The number of nitrogens with zero attached hydrogens (tertiary/aromatic N) is 4. The Labute approximate surface area is 217 Å². The molecule has 10 heteroatoms. The Morgan fingerprint density at radius 1 is 0.974 bits per heavy atom. The van der Waals surface area contributed by atoms with E-state index in [1.54, 1.807) is 72.1 Å². The number of rotatable bonds is 6. The number of ether oxygens (including phenoxy) is 1. The summed E-state index contributed by atoms with van der Waals surface area (Å²) in [6, 6.07) is 5.71. The van der Waals surface area contributed by atoms with Gasteiger partial charge in [0.15, 0.2) is 5.82 Å². The van der Waals surface area contributed by atoms with Gasteiger partial charge in [0, 0.05) is 36.3 Å². The van der Waals surface area contributed by atoms with Gasteiger partial charge in [0.25, 0.3) is 11.1 Å². The average molecular weight is 523 g/mol. The van der Waals surface area contributed by atoms with E-state index in [0.29, 0.717) is 22.5 Å². The summed E-state index contributed by atoms with van der Waals surface area (Å²) < 4.78 is 35.6. The van der Waals surface area contributed by atoms with Crippen LogP contribution in [-0.2, 0) is 12.2 Å². The zero-order chi connectivity index (χ0) is 27.9. The van der Waals surface area contributed by atoms with Crippen LogP contribution in [0.5, 0.6) is 5.75 Å². The molecule has 4 rings (SSSR count). The van der Waals surface area contributed by atoms with E-state index in [0.717, 1.165) is 12.3 Å². The Morgan fingerprint density at radius 3 is 2.34 bits per heavy atom. The molecule has 0 atom stereocenters. The molecule has 0 aromatic carbocycles. The summed E-state index contributed by atoms with van der Waals surface area (Å²) in [5.74, 6) is -1.11. The quantitative estimate of drug-likeness (QED) is 0.410. The molecule has 0 amide bonds. The van der Waals surface area contributed by atoms with Crippen molar-refractivity contribution >= 4 is 0 Å². The standard InChI is InChI=1S/C28H28F2N4O4/c1-15-7-8-33(27(36)25(15)28(5,6)37)24-11-22(16(2)12-32-24)34-17(3)9-23(18(4)26(34)35)38-14-21-20(30)10-19(29)13-31-21/h7-13,37H,14H2,1-6H3. The highest BCUT2D eigenvalue weighted by Gasteiger charge is 2.24. The predicted molar refractivity (Wildman–Crippen MR) is 138 cm³/mol. The molecular formula is C28H28F2N4O4. The first-order valence-corrected chi connectivity index (χ1v) is 11.9. The smallest absolute Gasteiger partial charge is 0.262 e. The van der Waals surface area contributed by atoms with E-state index in [4.69, 9.17) is 4.74 Å². The van der Waals surface area contributed by atoms with Crippen molar-refractivity contribution in [3.8, 4) is 17.3 Å². The number of aryl methyl sites for hydroxylation is 3. The number of pyridine rings is 4. The summed E-state index contributed by atoms with van der Waals surface area (Å²) in [5, 5.41) is 10.5. The maximum absolute atomic E-state index is 14.0. The van der Waals surface area contributed by atoms with Crippen LogP contribution in [0.15, 0.2) is 52.4 Å². The largest absolute Gasteiger partial charge is 0.487 e. The molecule has 8 nitrogen and oxygen atoms in total. The monoisotopic (exact) mass is 522 g/mol. The highest BCUT2D eigenvalue weighted by atomic mass is 19.1. The predicted octanol–water partition coefficient (Wildman–Crippen LogP) is 4.10. The molecule has 1 N–H and O–H groups in total. The van der Waals surface area contributed by atoms with Crippen molar-refractivity contribution in [1.29, 1.82) is 0 Å². The van der Waals surface area contributed by atoms with Crippen molar-refractivity contribution < 1.29 is 18.6 Å². The lowest BCUT2D eigenvalue weighted by Gasteiger charge is -2.21. The normalized spacial score (nSPS) is 11.6. The zero-order valence-electron chi connectivity index (χ0n) is 22.0. The van der Waals surface area contributed by atoms with E-state index in [1.807, 2.05) is 0 Å². The summed E-state index contributed by atoms with van der Waals surface area (Å²) in [6.45, 7) is 9.65. The third kappa shape index (κ3) is 4.99. The van der Waals surface area contributed by atoms with Crippen LogP contribution in [0.3, 0.4) is 0 Å². The van der Waals surface area contributed by atoms with Crippen LogP contribution in [0.4, 0.5) is 8.78 Å². The fraction of sp³-hybridized carbons (Fsp3) is 0.286. The summed E-state index contributed by atoms with van der Waals surface area (Å²) in [6.07, 6.45) is 4.04. The molecule has 0 unspecified atom stereocenters. The first-order valence-electron chi connectivity index (χ1n) is 11.9. The third-order valence-corrected chi connectivity index (χ3v) is 6.30. The van der Waals surface area contributed by atoms with Crippen LogP contribution in [0.25, 0.3) is 11.5 Å².